The first kappa shape index (κ1) is 9.41. The Bertz CT molecular complexity index is 249. The molecule has 0 saturated heterocycles. The van der Waals surface area contributed by atoms with Gasteiger partial charge in [0, 0.05) is 26.8 Å². The van der Waals surface area contributed by atoms with Crippen molar-refractivity contribution >= 4 is 16.5 Å². The van der Waals surface area contributed by atoms with Gasteiger partial charge in [-0.15, -0.1) is 0 Å². The van der Waals surface area contributed by atoms with E-state index >= 15 is 0 Å². The lowest BCUT2D eigenvalue weighted by Crippen LogP contribution is -2.07. The number of rotatable bonds is 3. The maximum Gasteiger partial charge on any atom is 0.185 e. The van der Waals surface area contributed by atoms with Crippen molar-refractivity contribution in [3.05, 3.63) is 11.1 Å². The van der Waals surface area contributed by atoms with Crippen LogP contribution in [0.15, 0.2) is 6.20 Å². The highest BCUT2D eigenvalue weighted by Crippen LogP contribution is 2.27. The number of hydrogen-bond donors (Lipinski definition) is 1. The summed E-state index contributed by atoms with van der Waals surface area (Å²) in [6.07, 6.45) is 0.466. The summed E-state index contributed by atoms with van der Waals surface area (Å²) in [5, 5.41) is 0.807. The first-order valence-corrected chi connectivity index (χ1v) is 4.44. The summed E-state index contributed by atoms with van der Waals surface area (Å²) in [5.41, 5.74) is 5.18. The van der Waals surface area contributed by atoms with E-state index in [1.165, 1.54) is 17.5 Å². The van der Waals surface area contributed by atoms with E-state index in [1.54, 1.807) is 0 Å². The molecule has 68 valence electrons. The van der Waals surface area contributed by atoms with Crippen molar-refractivity contribution in [2.75, 3.05) is 25.5 Å². The first-order chi connectivity index (χ1) is 5.65. The molecule has 0 fully saturated rings. The molecule has 0 radical (unpaired) electrons. The fourth-order valence-corrected chi connectivity index (χ4v) is 1.57. The topological polar surface area (TPSA) is 42.2 Å². The number of alkyl halides is 1. The Morgan fingerprint density at radius 1 is 1.75 bits per heavy atom. The SMILES string of the molecule is CN(C)c1ncc(C(F)CN)s1. The number of nitrogens with two attached hydrogens (primary N) is 1. The highest BCUT2D eigenvalue weighted by atomic mass is 32.1. The average molecular weight is 189 g/mol. The third-order valence-corrected chi connectivity index (χ3v) is 2.66. The lowest BCUT2D eigenvalue weighted by Gasteiger charge is -2.05. The number of nitrogens with zero attached hydrogens (tertiary/aromatic N) is 2. The summed E-state index contributed by atoms with van der Waals surface area (Å²) < 4.78 is 13.0. The maximum absolute atomic E-state index is 13.0. The number of thiazole rings is 1. The van der Waals surface area contributed by atoms with Crippen LogP contribution in [0.4, 0.5) is 9.52 Å². The van der Waals surface area contributed by atoms with Crippen LogP contribution in [0, 0.1) is 0 Å². The molecule has 5 heteroatoms. The summed E-state index contributed by atoms with van der Waals surface area (Å²) >= 11 is 1.33. The van der Waals surface area contributed by atoms with Gasteiger partial charge in [0.05, 0.1) is 4.88 Å². The van der Waals surface area contributed by atoms with Gasteiger partial charge in [0.2, 0.25) is 0 Å². The zero-order chi connectivity index (χ0) is 9.14. The molecular formula is C7H12FN3S. The fraction of sp³-hybridized carbons (Fsp3) is 0.571. The van der Waals surface area contributed by atoms with Crippen molar-refractivity contribution in [2.24, 2.45) is 5.73 Å². The van der Waals surface area contributed by atoms with Crippen molar-refractivity contribution in [3.8, 4) is 0 Å². The summed E-state index contributed by atoms with van der Waals surface area (Å²) in [4.78, 5) is 6.48. The van der Waals surface area contributed by atoms with Crippen molar-refractivity contribution in [2.45, 2.75) is 6.17 Å². The van der Waals surface area contributed by atoms with Gasteiger partial charge in [0.15, 0.2) is 5.13 Å². The molecule has 1 aromatic rings. The fourth-order valence-electron chi connectivity index (χ4n) is 0.745. The van der Waals surface area contributed by atoms with Gasteiger partial charge >= 0.3 is 0 Å². The van der Waals surface area contributed by atoms with Gasteiger partial charge in [0.25, 0.3) is 0 Å². The minimum atomic E-state index is -1.07. The zero-order valence-electron chi connectivity index (χ0n) is 7.12. The van der Waals surface area contributed by atoms with Crippen molar-refractivity contribution < 1.29 is 4.39 Å². The molecule has 1 atom stereocenters. The summed E-state index contributed by atoms with van der Waals surface area (Å²) in [5.74, 6) is 0. The molecule has 0 saturated carbocycles. The molecule has 3 nitrogen and oxygen atoms in total. The van der Waals surface area contributed by atoms with E-state index in [-0.39, 0.29) is 6.54 Å². The van der Waals surface area contributed by atoms with Crippen LogP contribution in [0.2, 0.25) is 0 Å². The van der Waals surface area contributed by atoms with Crippen LogP contribution >= 0.6 is 11.3 Å². The standard InChI is InChI=1S/C7H12FN3S/c1-11(2)7-10-4-6(12-7)5(8)3-9/h4-5H,3,9H2,1-2H3. The predicted octanol–water partition coefficient (Wildman–Crippen LogP) is 1.18. The molecule has 0 aliphatic heterocycles. The lowest BCUT2D eigenvalue weighted by molar-refractivity contribution is 0.358. The molecular weight excluding hydrogens is 177 g/mol. The van der Waals surface area contributed by atoms with Gasteiger partial charge in [-0.25, -0.2) is 9.37 Å². The molecule has 1 aromatic heterocycles. The summed E-state index contributed by atoms with van der Waals surface area (Å²) in [6, 6.07) is 0. The van der Waals surface area contributed by atoms with Crippen LogP contribution in [0.25, 0.3) is 0 Å². The zero-order valence-corrected chi connectivity index (χ0v) is 7.94. The van der Waals surface area contributed by atoms with Crippen molar-refractivity contribution in [3.63, 3.8) is 0 Å². The Morgan fingerprint density at radius 2 is 2.42 bits per heavy atom. The molecule has 2 N–H and O–H groups in total. The normalized spacial score (nSPS) is 13.0. The van der Waals surface area contributed by atoms with Crippen molar-refractivity contribution in [1.82, 2.24) is 4.98 Å². The van der Waals surface area contributed by atoms with Crippen LogP contribution in [0.3, 0.4) is 0 Å². The Balaban J connectivity index is 2.77. The second-order valence-electron chi connectivity index (χ2n) is 2.64. The van der Waals surface area contributed by atoms with Gasteiger partial charge < -0.3 is 10.6 Å². The molecule has 0 aromatic carbocycles. The Kier molecular flexibility index (Phi) is 2.99. The Labute approximate surface area is 75.0 Å². The maximum atomic E-state index is 13.0. The Morgan fingerprint density at radius 3 is 2.83 bits per heavy atom. The van der Waals surface area contributed by atoms with Gasteiger partial charge in [-0.05, 0) is 0 Å². The monoisotopic (exact) mass is 189 g/mol. The van der Waals surface area contributed by atoms with E-state index < -0.39 is 6.17 Å². The second-order valence-corrected chi connectivity index (χ2v) is 3.68. The van der Waals surface area contributed by atoms with Gasteiger partial charge in [-0.2, -0.15) is 0 Å². The van der Waals surface area contributed by atoms with E-state index in [1.807, 2.05) is 19.0 Å². The molecule has 0 aliphatic rings. The van der Waals surface area contributed by atoms with Gasteiger partial charge in [0.1, 0.15) is 6.17 Å². The molecule has 0 spiro atoms. The smallest absolute Gasteiger partial charge is 0.185 e. The molecule has 12 heavy (non-hydrogen) atoms. The summed E-state index contributed by atoms with van der Waals surface area (Å²) in [6.45, 7) is 0.0229. The first-order valence-electron chi connectivity index (χ1n) is 3.62. The number of anilines is 1. The van der Waals surface area contributed by atoms with Crippen LogP contribution < -0.4 is 10.6 Å². The second kappa shape index (κ2) is 3.82. The van der Waals surface area contributed by atoms with Crippen LogP contribution in [0.1, 0.15) is 11.0 Å². The third-order valence-electron chi connectivity index (χ3n) is 1.41. The molecule has 1 heterocycles. The molecule has 1 unspecified atom stereocenters. The van der Waals surface area contributed by atoms with E-state index in [9.17, 15) is 4.39 Å². The summed E-state index contributed by atoms with van der Waals surface area (Å²) in [7, 11) is 3.75. The Hall–Kier alpha value is -0.680. The van der Waals surface area contributed by atoms with E-state index in [2.05, 4.69) is 4.98 Å². The minimum Gasteiger partial charge on any atom is -0.354 e. The molecule has 0 bridgehead atoms. The predicted molar refractivity (Wildman–Crippen MR) is 49.3 cm³/mol. The highest BCUT2D eigenvalue weighted by molar-refractivity contribution is 7.15. The van der Waals surface area contributed by atoms with Gasteiger partial charge in [-0.3, -0.25) is 0 Å². The number of halogens is 1. The van der Waals surface area contributed by atoms with E-state index in [0.717, 1.165) is 5.13 Å². The number of aromatic nitrogens is 1. The largest absolute Gasteiger partial charge is 0.354 e. The van der Waals surface area contributed by atoms with E-state index in [0.29, 0.717) is 4.88 Å². The van der Waals surface area contributed by atoms with Gasteiger partial charge in [-0.1, -0.05) is 11.3 Å². The quantitative estimate of drug-likeness (QED) is 0.776. The third kappa shape index (κ3) is 1.92. The average Bonchev–Trinajstić information content (AvgIpc) is 2.51. The van der Waals surface area contributed by atoms with Crippen molar-refractivity contribution in [1.29, 1.82) is 0 Å². The highest BCUT2D eigenvalue weighted by Gasteiger charge is 2.11. The van der Waals surface area contributed by atoms with E-state index in [4.69, 9.17) is 5.73 Å². The molecule has 1 rings (SSSR count). The van der Waals surface area contributed by atoms with Crippen LogP contribution in [0.5, 0.6) is 0 Å². The number of hydrogen-bond acceptors (Lipinski definition) is 4. The minimum absolute atomic E-state index is 0.0229. The van der Waals surface area contributed by atoms with Crippen LogP contribution in [-0.4, -0.2) is 25.6 Å². The molecule has 0 aliphatic carbocycles. The molecule has 0 amide bonds. The van der Waals surface area contributed by atoms with Crippen LogP contribution in [-0.2, 0) is 0 Å². The lowest BCUT2D eigenvalue weighted by atomic mass is 10.3.